The van der Waals surface area contributed by atoms with Gasteiger partial charge in [0.25, 0.3) is 0 Å². The Kier molecular flexibility index (Phi) is 6.49. The van der Waals surface area contributed by atoms with Crippen LogP contribution in [0.5, 0.6) is 0 Å². The van der Waals surface area contributed by atoms with Crippen LogP contribution in [0.2, 0.25) is 10.0 Å². The Morgan fingerprint density at radius 1 is 1.22 bits per heavy atom. The van der Waals surface area contributed by atoms with Gasteiger partial charge in [-0.1, -0.05) is 47.1 Å². The van der Waals surface area contributed by atoms with Gasteiger partial charge >= 0.3 is 0 Å². The molecule has 1 amide bonds. The number of hydrogen-bond acceptors (Lipinski definition) is 5. The van der Waals surface area contributed by atoms with E-state index in [2.05, 4.69) is 27.1 Å². The number of allylic oxidation sites excluding steroid dienone is 1. The summed E-state index contributed by atoms with van der Waals surface area (Å²) in [4.78, 5) is 16.4. The molecule has 9 heteroatoms. The number of nitrogens with zero attached hydrogens (tertiary/aromatic N) is 4. The topological polar surface area (TPSA) is 72.7 Å². The third kappa shape index (κ3) is 4.68. The number of nitrogens with one attached hydrogen (secondary N) is 1. The Labute approximate surface area is 170 Å². The SMILES string of the molecule is C=CCn1c(SCC(=O)Nc2c(Cl)cccc2Cl)nnc1-c1cccnc1. The van der Waals surface area contributed by atoms with Crippen LogP contribution < -0.4 is 5.32 Å². The normalized spacial score (nSPS) is 10.6. The molecule has 2 heterocycles. The van der Waals surface area contributed by atoms with Crippen LogP contribution in [-0.4, -0.2) is 31.4 Å². The fourth-order valence-corrected chi connectivity index (χ4v) is 3.56. The second kappa shape index (κ2) is 9.03. The molecule has 0 saturated carbocycles. The molecule has 0 aliphatic carbocycles. The van der Waals surface area contributed by atoms with Crippen LogP contribution in [0.1, 0.15) is 0 Å². The van der Waals surface area contributed by atoms with Crippen LogP contribution in [0, 0.1) is 0 Å². The molecular formula is C18H15Cl2N5OS. The monoisotopic (exact) mass is 419 g/mol. The number of pyridine rings is 1. The molecule has 3 aromatic rings. The smallest absolute Gasteiger partial charge is 0.234 e. The van der Waals surface area contributed by atoms with Crippen molar-refractivity contribution in [2.45, 2.75) is 11.7 Å². The fourth-order valence-electron chi connectivity index (χ4n) is 2.32. The maximum absolute atomic E-state index is 12.3. The zero-order valence-corrected chi connectivity index (χ0v) is 16.4. The predicted molar refractivity (Wildman–Crippen MR) is 109 cm³/mol. The van der Waals surface area contributed by atoms with Crippen LogP contribution in [0.3, 0.4) is 0 Å². The van der Waals surface area contributed by atoms with Crippen molar-refractivity contribution in [3.8, 4) is 11.4 Å². The number of aromatic nitrogens is 4. The Morgan fingerprint density at radius 3 is 2.67 bits per heavy atom. The summed E-state index contributed by atoms with van der Waals surface area (Å²) in [6.07, 6.45) is 5.15. The minimum absolute atomic E-state index is 0.129. The lowest BCUT2D eigenvalue weighted by Crippen LogP contribution is -2.15. The van der Waals surface area contributed by atoms with Gasteiger partial charge in [0.05, 0.1) is 21.5 Å². The van der Waals surface area contributed by atoms with Gasteiger partial charge in [0, 0.05) is 24.5 Å². The predicted octanol–water partition coefficient (Wildman–Crippen LogP) is 4.56. The quantitative estimate of drug-likeness (QED) is 0.448. The number of benzene rings is 1. The van der Waals surface area contributed by atoms with E-state index in [0.717, 1.165) is 5.56 Å². The molecular weight excluding hydrogens is 405 g/mol. The molecule has 0 aliphatic heterocycles. The Morgan fingerprint density at radius 2 is 2.00 bits per heavy atom. The molecule has 6 nitrogen and oxygen atoms in total. The van der Waals surface area contributed by atoms with Gasteiger partial charge in [-0.15, -0.1) is 16.8 Å². The molecule has 0 saturated heterocycles. The van der Waals surface area contributed by atoms with Crippen molar-refractivity contribution in [1.29, 1.82) is 0 Å². The first-order chi connectivity index (χ1) is 13.1. The molecule has 0 fully saturated rings. The molecule has 0 atom stereocenters. The number of anilines is 1. The second-order valence-corrected chi connectivity index (χ2v) is 7.14. The van der Waals surface area contributed by atoms with E-state index in [4.69, 9.17) is 23.2 Å². The van der Waals surface area contributed by atoms with Gasteiger partial charge in [0.1, 0.15) is 0 Å². The van der Waals surface area contributed by atoms with Gasteiger partial charge < -0.3 is 5.32 Å². The van der Waals surface area contributed by atoms with Crippen molar-refractivity contribution in [3.63, 3.8) is 0 Å². The van der Waals surface area contributed by atoms with Crippen molar-refractivity contribution < 1.29 is 4.79 Å². The average Bonchev–Trinajstić information content (AvgIpc) is 3.07. The maximum atomic E-state index is 12.3. The van der Waals surface area contributed by atoms with E-state index < -0.39 is 0 Å². The highest BCUT2D eigenvalue weighted by Gasteiger charge is 2.16. The molecule has 27 heavy (non-hydrogen) atoms. The highest BCUT2D eigenvalue weighted by atomic mass is 35.5. The van der Waals surface area contributed by atoms with Gasteiger partial charge in [0.2, 0.25) is 5.91 Å². The van der Waals surface area contributed by atoms with E-state index in [-0.39, 0.29) is 11.7 Å². The van der Waals surface area contributed by atoms with Crippen molar-refractivity contribution in [1.82, 2.24) is 19.7 Å². The minimum atomic E-state index is -0.244. The van der Waals surface area contributed by atoms with Crippen molar-refractivity contribution >= 4 is 46.6 Å². The van der Waals surface area contributed by atoms with Crippen LogP contribution >= 0.6 is 35.0 Å². The summed E-state index contributed by atoms with van der Waals surface area (Å²) >= 11 is 13.4. The van der Waals surface area contributed by atoms with Crippen LogP contribution in [0.25, 0.3) is 11.4 Å². The van der Waals surface area contributed by atoms with E-state index in [9.17, 15) is 4.79 Å². The number of halogens is 2. The van der Waals surface area contributed by atoms with Gasteiger partial charge in [-0.2, -0.15) is 0 Å². The van der Waals surface area contributed by atoms with Crippen LogP contribution in [0.4, 0.5) is 5.69 Å². The standard InChI is InChI=1S/C18H15Cl2N5OS/c1-2-9-25-17(12-5-4-8-21-10-12)23-24-18(25)27-11-15(26)22-16-13(19)6-3-7-14(16)20/h2-8,10H,1,9,11H2,(H,22,26). The van der Waals surface area contributed by atoms with E-state index in [0.29, 0.717) is 33.3 Å². The maximum Gasteiger partial charge on any atom is 0.234 e. The summed E-state index contributed by atoms with van der Waals surface area (Å²) in [5.41, 5.74) is 1.24. The number of amides is 1. The van der Waals surface area contributed by atoms with Crippen molar-refractivity contribution in [2.75, 3.05) is 11.1 Å². The highest BCUT2D eigenvalue weighted by molar-refractivity contribution is 7.99. The Bertz CT molecular complexity index is 941. The molecule has 138 valence electrons. The first kappa shape index (κ1) is 19.4. The lowest BCUT2D eigenvalue weighted by atomic mass is 10.3. The van der Waals surface area contributed by atoms with Gasteiger partial charge in [-0.25, -0.2) is 0 Å². The van der Waals surface area contributed by atoms with Gasteiger partial charge in [-0.3, -0.25) is 14.3 Å². The van der Waals surface area contributed by atoms with Crippen LogP contribution in [-0.2, 0) is 11.3 Å². The molecule has 0 aliphatic rings. The average molecular weight is 420 g/mol. The number of para-hydroxylation sites is 1. The molecule has 1 N–H and O–H groups in total. The van der Waals surface area contributed by atoms with E-state index >= 15 is 0 Å². The lowest BCUT2D eigenvalue weighted by Gasteiger charge is -2.10. The summed E-state index contributed by atoms with van der Waals surface area (Å²) in [7, 11) is 0. The van der Waals surface area contributed by atoms with E-state index in [1.807, 2.05) is 16.7 Å². The van der Waals surface area contributed by atoms with Crippen molar-refractivity contribution in [3.05, 3.63) is 65.4 Å². The number of carbonyl (C=O) groups excluding carboxylic acids is 1. The Hall–Kier alpha value is -2.35. The number of carbonyl (C=O) groups is 1. The third-order valence-corrected chi connectivity index (χ3v) is 5.10. The summed E-state index contributed by atoms with van der Waals surface area (Å²) in [6.45, 7) is 4.28. The fraction of sp³-hybridized carbons (Fsp3) is 0.111. The van der Waals surface area contributed by atoms with E-state index in [1.165, 1.54) is 11.8 Å². The number of thioether (sulfide) groups is 1. The zero-order chi connectivity index (χ0) is 19.2. The summed E-state index contributed by atoms with van der Waals surface area (Å²) in [5.74, 6) is 0.551. The highest BCUT2D eigenvalue weighted by Crippen LogP contribution is 2.30. The summed E-state index contributed by atoms with van der Waals surface area (Å²) in [5, 5.41) is 12.5. The summed E-state index contributed by atoms with van der Waals surface area (Å²) < 4.78 is 1.88. The number of hydrogen-bond donors (Lipinski definition) is 1. The number of rotatable bonds is 7. The van der Waals surface area contributed by atoms with E-state index in [1.54, 1.807) is 36.7 Å². The van der Waals surface area contributed by atoms with Crippen molar-refractivity contribution in [2.24, 2.45) is 0 Å². The molecule has 0 spiro atoms. The molecule has 2 aromatic heterocycles. The molecule has 0 bridgehead atoms. The second-order valence-electron chi connectivity index (χ2n) is 5.38. The largest absolute Gasteiger partial charge is 0.323 e. The minimum Gasteiger partial charge on any atom is -0.323 e. The van der Waals surface area contributed by atoms with Gasteiger partial charge in [0.15, 0.2) is 11.0 Å². The molecule has 1 aromatic carbocycles. The molecule has 0 radical (unpaired) electrons. The van der Waals surface area contributed by atoms with Gasteiger partial charge in [-0.05, 0) is 24.3 Å². The van der Waals surface area contributed by atoms with Crippen LogP contribution in [0.15, 0.2) is 60.5 Å². The first-order valence-corrected chi connectivity index (χ1v) is 9.65. The lowest BCUT2D eigenvalue weighted by molar-refractivity contribution is -0.113. The first-order valence-electron chi connectivity index (χ1n) is 7.91. The zero-order valence-electron chi connectivity index (χ0n) is 14.1. The molecule has 3 rings (SSSR count). The summed E-state index contributed by atoms with van der Waals surface area (Å²) in [6, 6.07) is 8.77. The molecule has 0 unspecified atom stereocenters. The third-order valence-electron chi connectivity index (χ3n) is 3.51. The Balaban J connectivity index is 1.73.